The van der Waals surface area contributed by atoms with E-state index in [1.165, 1.54) is 5.56 Å². The van der Waals surface area contributed by atoms with Gasteiger partial charge in [-0.05, 0) is 17.7 Å². The molecule has 0 amide bonds. The van der Waals surface area contributed by atoms with E-state index < -0.39 is 6.10 Å². The van der Waals surface area contributed by atoms with Crippen molar-refractivity contribution in [3.05, 3.63) is 66.2 Å². The fraction of sp³-hybridized carbons (Fsp3) is 0.250. The van der Waals surface area contributed by atoms with Gasteiger partial charge in [0.15, 0.2) is 0 Å². The third-order valence-electron chi connectivity index (χ3n) is 3.19. The van der Waals surface area contributed by atoms with Crippen molar-refractivity contribution in [2.24, 2.45) is 0 Å². The van der Waals surface area contributed by atoms with Crippen LogP contribution in [0.3, 0.4) is 0 Å². The number of aliphatic hydroxyl groups is 1. The maximum absolute atomic E-state index is 10.2. The Morgan fingerprint density at radius 3 is 2.11 bits per heavy atom. The zero-order valence-corrected chi connectivity index (χ0v) is 10.6. The zero-order valence-electron chi connectivity index (χ0n) is 10.6. The molecule has 0 aliphatic heterocycles. The van der Waals surface area contributed by atoms with Crippen LogP contribution >= 0.6 is 0 Å². The minimum atomic E-state index is -0.396. The van der Waals surface area contributed by atoms with Crippen LogP contribution in [0.25, 0.3) is 0 Å². The molecule has 0 fully saturated rings. The van der Waals surface area contributed by atoms with Crippen molar-refractivity contribution in [3.8, 4) is 0 Å². The average molecular weight is 241 g/mol. The van der Waals surface area contributed by atoms with Crippen molar-refractivity contribution in [3.63, 3.8) is 0 Å². The van der Waals surface area contributed by atoms with Crippen LogP contribution in [0, 0.1) is 0 Å². The second kappa shape index (κ2) is 6.22. The molecule has 2 rings (SSSR count). The summed E-state index contributed by atoms with van der Waals surface area (Å²) in [6.07, 6.45) is -0.396. The van der Waals surface area contributed by atoms with Gasteiger partial charge in [-0.3, -0.25) is 0 Å². The van der Waals surface area contributed by atoms with Crippen LogP contribution in [0.1, 0.15) is 18.4 Å². The molecule has 2 aromatic rings. The molecular formula is C16H19NO. The van der Waals surface area contributed by atoms with Crippen molar-refractivity contribution in [1.29, 1.82) is 0 Å². The molecular weight excluding hydrogens is 222 g/mol. The molecule has 2 aromatic carbocycles. The van der Waals surface area contributed by atoms with E-state index >= 15 is 0 Å². The van der Waals surface area contributed by atoms with E-state index in [4.69, 9.17) is 0 Å². The summed E-state index contributed by atoms with van der Waals surface area (Å²) in [4.78, 5) is 0. The largest absolute Gasteiger partial charge is 0.391 e. The Hall–Kier alpha value is -1.80. The van der Waals surface area contributed by atoms with Crippen molar-refractivity contribution >= 4 is 5.69 Å². The lowest BCUT2D eigenvalue weighted by atomic mass is 9.95. The Morgan fingerprint density at radius 2 is 1.50 bits per heavy atom. The monoisotopic (exact) mass is 241 g/mol. The van der Waals surface area contributed by atoms with Gasteiger partial charge in [-0.2, -0.15) is 0 Å². The highest BCUT2D eigenvalue weighted by Gasteiger charge is 2.15. The van der Waals surface area contributed by atoms with Gasteiger partial charge in [-0.15, -0.1) is 0 Å². The second-order valence-corrected chi connectivity index (χ2v) is 4.51. The molecule has 0 radical (unpaired) electrons. The molecule has 0 saturated carbocycles. The summed E-state index contributed by atoms with van der Waals surface area (Å²) in [5, 5.41) is 13.4. The van der Waals surface area contributed by atoms with Crippen molar-refractivity contribution in [2.75, 3.05) is 11.9 Å². The Bertz CT molecular complexity index is 455. The minimum Gasteiger partial charge on any atom is -0.391 e. The van der Waals surface area contributed by atoms with Crippen molar-refractivity contribution in [1.82, 2.24) is 0 Å². The first-order valence-electron chi connectivity index (χ1n) is 6.29. The Morgan fingerprint density at radius 1 is 0.944 bits per heavy atom. The predicted octanol–water partition coefficient (Wildman–Crippen LogP) is 3.26. The Kier molecular flexibility index (Phi) is 4.37. The number of benzene rings is 2. The highest BCUT2D eigenvalue weighted by atomic mass is 16.3. The third-order valence-corrected chi connectivity index (χ3v) is 3.19. The van der Waals surface area contributed by atoms with E-state index in [-0.39, 0.29) is 5.92 Å². The summed E-state index contributed by atoms with van der Waals surface area (Å²) in [6, 6.07) is 20.0. The van der Waals surface area contributed by atoms with Crippen LogP contribution in [-0.4, -0.2) is 17.8 Å². The Labute approximate surface area is 108 Å². The lowest BCUT2D eigenvalue weighted by molar-refractivity contribution is 0.162. The second-order valence-electron chi connectivity index (χ2n) is 4.51. The standard InChI is InChI=1S/C16H19NO/c1-13(14-8-4-2-5-9-14)16(18)12-17-15-10-6-3-7-11-15/h2-11,13,16-18H,12H2,1H3. The maximum atomic E-state index is 10.2. The molecule has 2 N–H and O–H groups in total. The summed E-state index contributed by atoms with van der Waals surface area (Å²) in [7, 11) is 0. The van der Waals surface area contributed by atoms with Crippen LogP contribution in [0.2, 0.25) is 0 Å². The van der Waals surface area contributed by atoms with Gasteiger partial charge >= 0.3 is 0 Å². The maximum Gasteiger partial charge on any atom is 0.0778 e. The fourth-order valence-electron chi connectivity index (χ4n) is 1.93. The average Bonchev–Trinajstić information content (AvgIpc) is 2.46. The summed E-state index contributed by atoms with van der Waals surface area (Å²) in [5.74, 6) is 0.127. The molecule has 0 heterocycles. The number of para-hydroxylation sites is 1. The summed E-state index contributed by atoms with van der Waals surface area (Å²) < 4.78 is 0. The minimum absolute atomic E-state index is 0.127. The molecule has 94 valence electrons. The molecule has 2 heteroatoms. The molecule has 2 nitrogen and oxygen atoms in total. The van der Waals surface area contributed by atoms with Gasteiger partial charge in [0, 0.05) is 18.2 Å². The van der Waals surface area contributed by atoms with Crippen molar-refractivity contribution < 1.29 is 5.11 Å². The number of hydrogen-bond donors (Lipinski definition) is 2. The first kappa shape index (κ1) is 12.7. The van der Waals surface area contributed by atoms with Gasteiger partial charge < -0.3 is 10.4 Å². The SMILES string of the molecule is CC(c1ccccc1)C(O)CNc1ccccc1. The third kappa shape index (κ3) is 3.34. The molecule has 0 aliphatic rings. The molecule has 0 spiro atoms. The molecule has 2 atom stereocenters. The zero-order chi connectivity index (χ0) is 12.8. The van der Waals surface area contributed by atoms with Gasteiger partial charge in [0.2, 0.25) is 0 Å². The van der Waals surface area contributed by atoms with Gasteiger partial charge in [-0.1, -0.05) is 55.5 Å². The van der Waals surface area contributed by atoms with Crippen LogP contribution < -0.4 is 5.32 Å². The molecule has 2 unspecified atom stereocenters. The topological polar surface area (TPSA) is 32.3 Å². The number of aliphatic hydroxyl groups excluding tert-OH is 1. The van der Waals surface area contributed by atoms with Crippen LogP contribution in [0.4, 0.5) is 5.69 Å². The lowest BCUT2D eigenvalue weighted by Gasteiger charge is -2.20. The van der Waals surface area contributed by atoms with Gasteiger partial charge in [-0.25, -0.2) is 0 Å². The highest BCUT2D eigenvalue weighted by molar-refractivity contribution is 5.42. The molecule has 0 aromatic heterocycles. The highest BCUT2D eigenvalue weighted by Crippen LogP contribution is 2.19. The molecule has 0 bridgehead atoms. The number of nitrogens with one attached hydrogen (secondary N) is 1. The normalized spacial score (nSPS) is 13.9. The summed E-state index contributed by atoms with van der Waals surface area (Å²) in [6.45, 7) is 2.60. The first-order valence-corrected chi connectivity index (χ1v) is 6.29. The van der Waals surface area contributed by atoms with E-state index in [0.29, 0.717) is 6.54 Å². The quantitative estimate of drug-likeness (QED) is 0.842. The van der Waals surface area contributed by atoms with E-state index in [1.54, 1.807) is 0 Å². The molecule has 0 saturated heterocycles. The summed E-state index contributed by atoms with van der Waals surface area (Å²) >= 11 is 0. The van der Waals surface area contributed by atoms with Crippen LogP contribution in [-0.2, 0) is 0 Å². The van der Waals surface area contributed by atoms with Crippen molar-refractivity contribution in [2.45, 2.75) is 18.9 Å². The molecule has 18 heavy (non-hydrogen) atoms. The Balaban J connectivity index is 1.90. The van der Waals surface area contributed by atoms with Gasteiger partial charge in [0.05, 0.1) is 6.10 Å². The number of rotatable bonds is 5. The van der Waals surface area contributed by atoms with Crippen LogP contribution in [0.5, 0.6) is 0 Å². The number of anilines is 1. The summed E-state index contributed by atoms with van der Waals surface area (Å²) in [5.41, 5.74) is 2.21. The van der Waals surface area contributed by atoms with E-state index in [9.17, 15) is 5.11 Å². The first-order chi connectivity index (χ1) is 8.77. The van der Waals surface area contributed by atoms with E-state index in [2.05, 4.69) is 17.4 Å². The lowest BCUT2D eigenvalue weighted by Crippen LogP contribution is -2.25. The van der Waals surface area contributed by atoms with E-state index in [1.807, 2.05) is 55.5 Å². The smallest absolute Gasteiger partial charge is 0.0778 e. The van der Waals surface area contributed by atoms with Gasteiger partial charge in [0.1, 0.15) is 0 Å². The van der Waals surface area contributed by atoms with E-state index in [0.717, 1.165) is 5.69 Å². The predicted molar refractivity (Wildman–Crippen MR) is 75.8 cm³/mol. The number of hydrogen-bond acceptors (Lipinski definition) is 2. The van der Waals surface area contributed by atoms with Crippen LogP contribution in [0.15, 0.2) is 60.7 Å². The van der Waals surface area contributed by atoms with Gasteiger partial charge in [0.25, 0.3) is 0 Å². The molecule has 0 aliphatic carbocycles. The fourth-order valence-corrected chi connectivity index (χ4v) is 1.93.